The number of cyclic esters (lactones) is 1. The average Bonchev–Trinajstić information content (AvgIpc) is 2.57. The van der Waals surface area contributed by atoms with Crippen LogP contribution in [0, 0.1) is 0 Å². The van der Waals surface area contributed by atoms with E-state index in [0.29, 0.717) is 14.7 Å². The van der Waals surface area contributed by atoms with E-state index in [-0.39, 0.29) is 10.8 Å². The first-order valence-electron chi connectivity index (χ1n) is 4.69. The van der Waals surface area contributed by atoms with Crippen molar-refractivity contribution in [3.63, 3.8) is 0 Å². The maximum atomic E-state index is 11.5. The predicted octanol–water partition coefficient (Wildman–Crippen LogP) is 4.38. The second kappa shape index (κ2) is 6.21. The van der Waals surface area contributed by atoms with Gasteiger partial charge in [-0.25, -0.2) is 4.79 Å². The Morgan fingerprint density at radius 2 is 2.20 bits per heavy atom. The standard InChI is InChI=1S/C10H11Br3O2/c1-2-3-4-7(11)6-5-8(9(12)13)15-10(6)14/h5,7H,2-4H2,1H3. The number of carbonyl (C=O) groups is 1. The number of allylic oxidation sites excluding steroid dienone is 1. The van der Waals surface area contributed by atoms with Crippen LogP contribution in [0.4, 0.5) is 0 Å². The molecule has 1 unspecified atom stereocenters. The van der Waals surface area contributed by atoms with Gasteiger partial charge in [0.1, 0.15) is 3.39 Å². The van der Waals surface area contributed by atoms with Gasteiger partial charge in [0.15, 0.2) is 5.76 Å². The Balaban J connectivity index is 2.73. The summed E-state index contributed by atoms with van der Waals surface area (Å²) in [6.07, 6.45) is 4.92. The van der Waals surface area contributed by atoms with E-state index < -0.39 is 0 Å². The maximum Gasteiger partial charge on any atom is 0.340 e. The molecule has 1 aliphatic heterocycles. The van der Waals surface area contributed by atoms with Crippen molar-refractivity contribution in [2.24, 2.45) is 0 Å². The van der Waals surface area contributed by atoms with Crippen LogP contribution in [0.15, 0.2) is 20.8 Å². The van der Waals surface area contributed by atoms with Crippen molar-refractivity contribution >= 4 is 53.8 Å². The van der Waals surface area contributed by atoms with Crippen LogP contribution in [-0.2, 0) is 9.53 Å². The van der Waals surface area contributed by atoms with Gasteiger partial charge in [-0.2, -0.15) is 0 Å². The molecule has 0 spiro atoms. The molecule has 0 saturated carbocycles. The lowest BCUT2D eigenvalue weighted by Gasteiger charge is -2.06. The van der Waals surface area contributed by atoms with Crippen LogP contribution < -0.4 is 0 Å². The van der Waals surface area contributed by atoms with Crippen molar-refractivity contribution in [2.75, 3.05) is 0 Å². The third-order valence-electron chi connectivity index (χ3n) is 2.06. The molecule has 0 aromatic rings. The molecule has 0 fully saturated rings. The van der Waals surface area contributed by atoms with Crippen LogP contribution in [0.3, 0.4) is 0 Å². The highest BCUT2D eigenvalue weighted by Crippen LogP contribution is 2.32. The van der Waals surface area contributed by atoms with E-state index in [9.17, 15) is 4.79 Å². The molecule has 0 radical (unpaired) electrons. The SMILES string of the molecule is CCCCC(Br)C1=CC(=C(Br)Br)OC1=O. The zero-order chi connectivity index (χ0) is 11.4. The largest absolute Gasteiger partial charge is 0.421 e. The number of alkyl halides is 1. The minimum atomic E-state index is -0.264. The topological polar surface area (TPSA) is 26.3 Å². The van der Waals surface area contributed by atoms with Crippen molar-refractivity contribution in [1.29, 1.82) is 0 Å². The molecule has 15 heavy (non-hydrogen) atoms. The van der Waals surface area contributed by atoms with Crippen LogP contribution in [0.25, 0.3) is 0 Å². The minimum Gasteiger partial charge on any atom is -0.421 e. The zero-order valence-electron chi connectivity index (χ0n) is 8.23. The Kier molecular flexibility index (Phi) is 5.57. The van der Waals surface area contributed by atoms with Gasteiger partial charge in [-0.3, -0.25) is 0 Å². The quantitative estimate of drug-likeness (QED) is 0.515. The lowest BCUT2D eigenvalue weighted by molar-refractivity contribution is -0.133. The fourth-order valence-corrected chi connectivity index (χ4v) is 2.27. The molecule has 1 aliphatic rings. The van der Waals surface area contributed by atoms with Crippen LogP contribution in [-0.4, -0.2) is 10.8 Å². The molecule has 2 nitrogen and oxygen atoms in total. The Morgan fingerprint density at radius 3 is 2.67 bits per heavy atom. The summed E-state index contributed by atoms with van der Waals surface area (Å²) in [6.45, 7) is 2.13. The molecule has 0 aliphatic carbocycles. The van der Waals surface area contributed by atoms with Gasteiger partial charge in [-0.1, -0.05) is 35.7 Å². The molecule has 84 valence electrons. The zero-order valence-corrected chi connectivity index (χ0v) is 13.0. The smallest absolute Gasteiger partial charge is 0.340 e. The second-order valence-electron chi connectivity index (χ2n) is 3.22. The van der Waals surface area contributed by atoms with Gasteiger partial charge in [-0.05, 0) is 44.4 Å². The lowest BCUT2D eigenvalue weighted by atomic mass is 10.1. The Hall–Kier alpha value is 0.390. The molecular formula is C10H11Br3O2. The fraction of sp³-hybridized carbons (Fsp3) is 0.500. The summed E-state index contributed by atoms with van der Waals surface area (Å²) in [4.78, 5) is 11.6. The molecule has 1 rings (SSSR count). The number of unbranched alkanes of at least 4 members (excludes halogenated alkanes) is 1. The molecule has 0 aromatic carbocycles. The first-order chi connectivity index (χ1) is 7.06. The number of hydrogen-bond acceptors (Lipinski definition) is 2. The van der Waals surface area contributed by atoms with Crippen LogP contribution in [0.1, 0.15) is 26.2 Å². The second-order valence-corrected chi connectivity index (χ2v) is 6.98. The Bertz CT molecular complexity index is 317. The summed E-state index contributed by atoms with van der Waals surface area (Å²) < 4.78 is 5.72. The maximum absolute atomic E-state index is 11.5. The lowest BCUT2D eigenvalue weighted by Crippen LogP contribution is -2.09. The highest BCUT2D eigenvalue weighted by Gasteiger charge is 2.27. The molecule has 0 aromatic heterocycles. The number of hydrogen-bond donors (Lipinski definition) is 0. The van der Waals surface area contributed by atoms with Crippen LogP contribution in [0.2, 0.25) is 0 Å². The van der Waals surface area contributed by atoms with Crippen molar-refractivity contribution in [3.05, 3.63) is 20.8 Å². The van der Waals surface area contributed by atoms with Gasteiger partial charge in [0, 0.05) is 4.83 Å². The van der Waals surface area contributed by atoms with E-state index in [1.807, 2.05) is 0 Å². The summed E-state index contributed by atoms with van der Waals surface area (Å²) in [5, 5.41) is 0. The summed E-state index contributed by atoms with van der Waals surface area (Å²) in [5.41, 5.74) is 0.690. The van der Waals surface area contributed by atoms with Gasteiger partial charge in [-0.15, -0.1) is 0 Å². The molecule has 0 amide bonds. The molecule has 1 atom stereocenters. The predicted molar refractivity (Wildman–Crippen MR) is 71.3 cm³/mol. The van der Waals surface area contributed by atoms with E-state index in [1.54, 1.807) is 6.08 Å². The monoisotopic (exact) mass is 400 g/mol. The van der Waals surface area contributed by atoms with Crippen molar-refractivity contribution < 1.29 is 9.53 Å². The normalized spacial score (nSPS) is 17.5. The van der Waals surface area contributed by atoms with E-state index >= 15 is 0 Å². The fourth-order valence-electron chi connectivity index (χ4n) is 1.24. The molecule has 5 heteroatoms. The van der Waals surface area contributed by atoms with Gasteiger partial charge >= 0.3 is 5.97 Å². The Morgan fingerprint density at radius 1 is 1.53 bits per heavy atom. The molecular weight excluding hydrogens is 392 g/mol. The van der Waals surface area contributed by atoms with Gasteiger partial charge < -0.3 is 4.74 Å². The van der Waals surface area contributed by atoms with Crippen LogP contribution in [0.5, 0.6) is 0 Å². The number of carbonyl (C=O) groups excluding carboxylic acids is 1. The van der Waals surface area contributed by atoms with E-state index in [0.717, 1.165) is 19.3 Å². The number of rotatable bonds is 4. The Labute approximate surface area is 115 Å². The molecule has 0 saturated heterocycles. The third-order valence-corrected chi connectivity index (χ3v) is 3.79. The minimum absolute atomic E-state index is 0.0850. The van der Waals surface area contributed by atoms with Gasteiger partial charge in [0.25, 0.3) is 0 Å². The molecule has 1 heterocycles. The van der Waals surface area contributed by atoms with E-state index in [4.69, 9.17) is 4.74 Å². The van der Waals surface area contributed by atoms with Gasteiger partial charge in [0.05, 0.1) is 5.57 Å². The number of ether oxygens (including phenoxy) is 1. The highest BCUT2D eigenvalue weighted by atomic mass is 79.9. The number of esters is 1. The van der Waals surface area contributed by atoms with Crippen molar-refractivity contribution in [1.82, 2.24) is 0 Å². The van der Waals surface area contributed by atoms with E-state index in [1.165, 1.54) is 0 Å². The first kappa shape index (κ1) is 13.5. The summed E-state index contributed by atoms with van der Waals surface area (Å²) in [7, 11) is 0. The number of halogens is 3. The van der Waals surface area contributed by atoms with Crippen molar-refractivity contribution in [3.8, 4) is 0 Å². The van der Waals surface area contributed by atoms with E-state index in [2.05, 4.69) is 54.7 Å². The summed E-state index contributed by atoms with van der Waals surface area (Å²) in [5.74, 6) is 0.273. The highest BCUT2D eigenvalue weighted by molar-refractivity contribution is 9.28. The summed E-state index contributed by atoms with van der Waals surface area (Å²) in [6, 6.07) is 0. The average molecular weight is 403 g/mol. The van der Waals surface area contributed by atoms with Gasteiger partial charge in [0.2, 0.25) is 0 Å². The third kappa shape index (κ3) is 3.71. The van der Waals surface area contributed by atoms with Crippen LogP contribution >= 0.6 is 47.8 Å². The molecule has 0 N–H and O–H groups in total. The van der Waals surface area contributed by atoms with Crippen molar-refractivity contribution in [2.45, 2.75) is 31.0 Å². The summed E-state index contributed by atoms with van der Waals surface area (Å²) >= 11 is 9.93. The molecule has 0 bridgehead atoms. The first-order valence-corrected chi connectivity index (χ1v) is 7.19.